The molecule has 1 N–H and O–H groups in total. The van der Waals surface area contributed by atoms with Gasteiger partial charge in [-0.15, -0.1) is 0 Å². The SMILES string of the molecule is CCCN(Cc1ccn(C(C)CC)n1)C1CNC1. The van der Waals surface area contributed by atoms with Gasteiger partial charge in [0.2, 0.25) is 0 Å². The van der Waals surface area contributed by atoms with Crippen LogP contribution < -0.4 is 5.32 Å². The molecule has 1 saturated heterocycles. The molecule has 2 rings (SSSR count). The van der Waals surface area contributed by atoms with Crippen LogP contribution in [0.25, 0.3) is 0 Å². The van der Waals surface area contributed by atoms with Crippen molar-refractivity contribution >= 4 is 0 Å². The fourth-order valence-electron chi connectivity index (χ4n) is 2.31. The Morgan fingerprint density at radius 1 is 1.50 bits per heavy atom. The molecular formula is C14H26N4. The Hall–Kier alpha value is -0.870. The van der Waals surface area contributed by atoms with E-state index in [0.29, 0.717) is 12.1 Å². The molecule has 102 valence electrons. The second kappa shape index (κ2) is 6.34. The van der Waals surface area contributed by atoms with Crippen molar-refractivity contribution in [2.75, 3.05) is 19.6 Å². The van der Waals surface area contributed by atoms with Gasteiger partial charge in [-0.25, -0.2) is 0 Å². The van der Waals surface area contributed by atoms with Gasteiger partial charge in [0.15, 0.2) is 0 Å². The largest absolute Gasteiger partial charge is 0.314 e. The van der Waals surface area contributed by atoms with Crippen LogP contribution in [0.3, 0.4) is 0 Å². The Balaban J connectivity index is 1.95. The van der Waals surface area contributed by atoms with Gasteiger partial charge in [0, 0.05) is 37.9 Å². The first-order chi connectivity index (χ1) is 8.74. The van der Waals surface area contributed by atoms with Gasteiger partial charge in [-0.1, -0.05) is 13.8 Å². The summed E-state index contributed by atoms with van der Waals surface area (Å²) in [6.07, 6.45) is 4.46. The molecule has 1 atom stereocenters. The number of nitrogens with one attached hydrogen (secondary N) is 1. The lowest BCUT2D eigenvalue weighted by molar-refractivity contribution is 0.136. The first kappa shape index (κ1) is 13.6. The van der Waals surface area contributed by atoms with E-state index in [0.717, 1.165) is 26.1 Å². The summed E-state index contributed by atoms with van der Waals surface area (Å²) >= 11 is 0. The Morgan fingerprint density at radius 3 is 2.83 bits per heavy atom. The topological polar surface area (TPSA) is 33.1 Å². The molecule has 1 aromatic rings. The van der Waals surface area contributed by atoms with E-state index in [4.69, 9.17) is 5.10 Å². The van der Waals surface area contributed by atoms with E-state index < -0.39 is 0 Å². The Bertz CT molecular complexity index is 356. The molecule has 0 bridgehead atoms. The van der Waals surface area contributed by atoms with Crippen molar-refractivity contribution in [2.24, 2.45) is 0 Å². The Kier molecular flexibility index (Phi) is 4.78. The molecule has 0 saturated carbocycles. The zero-order valence-corrected chi connectivity index (χ0v) is 11.9. The van der Waals surface area contributed by atoms with E-state index in [2.05, 4.69) is 47.9 Å². The Labute approximate surface area is 110 Å². The fourth-order valence-corrected chi connectivity index (χ4v) is 2.31. The monoisotopic (exact) mass is 250 g/mol. The lowest BCUT2D eigenvalue weighted by Gasteiger charge is -2.37. The second-order valence-corrected chi connectivity index (χ2v) is 5.33. The zero-order chi connectivity index (χ0) is 13.0. The van der Waals surface area contributed by atoms with Crippen LogP contribution in [-0.4, -0.2) is 40.4 Å². The summed E-state index contributed by atoms with van der Waals surface area (Å²) in [5, 5.41) is 8.05. The molecule has 1 aliphatic heterocycles. The van der Waals surface area contributed by atoms with Crippen molar-refractivity contribution in [3.63, 3.8) is 0 Å². The predicted molar refractivity (Wildman–Crippen MR) is 74.6 cm³/mol. The van der Waals surface area contributed by atoms with Crippen LogP contribution in [0.4, 0.5) is 0 Å². The van der Waals surface area contributed by atoms with Crippen LogP contribution in [0, 0.1) is 0 Å². The molecule has 4 heteroatoms. The molecule has 0 radical (unpaired) electrons. The average Bonchev–Trinajstić information content (AvgIpc) is 2.74. The molecule has 0 spiro atoms. The van der Waals surface area contributed by atoms with Crippen molar-refractivity contribution in [1.29, 1.82) is 0 Å². The maximum Gasteiger partial charge on any atom is 0.0765 e. The van der Waals surface area contributed by atoms with E-state index in [9.17, 15) is 0 Å². The zero-order valence-electron chi connectivity index (χ0n) is 11.9. The predicted octanol–water partition coefficient (Wildman–Crippen LogP) is 2.04. The van der Waals surface area contributed by atoms with Crippen molar-refractivity contribution in [1.82, 2.24) is 20.0 Å². The highest BCUT2D eigenvalue weighted by Crippen LogP contribution is 2.13. The lowest BCUT2D eigenvalue weighted by Crippen LogP contribution is -2.57. The molecule has 1 aliphatic rings. The summed E-state index contributed by atoms with van der Waals surface area (Å²) in [7, 11) is 0. The first-order valence-corrected chi connectivity index (χ1v) is 7.23. The van der Waals surface area contributed by atoms with Crippen molar-refractivity contribution in [3.8, 4) is 0 Å². The average molecular weight is 250 g/mol. The number of hydrogen-bond donors (Lipinski definition) is 1. The molecule has 18 heavy (non-hydrogen) atoms. The molecular weight excluding hydrogens is 224 g/mol. The van der Waals surface area contributed by atoms with Crippen LogP contribution in [0.5, 0.6) is 0 Å². The summed E-state index contributed by atoms with van der Waals surface area (Å²) in [5.74, 6) is 0. The van der Waals surface area contributed by atoms with Crippen molar-refractivity contribution < 1.29 is 0 Å². The highest BCUT2D eigenvalue weighted by Gasteiger charge is 2.24. The molecule has 0 aliphatic carbocycles. The standard InChI is InChI=1S/C14H26N4/c1-4-7-17(14-9-15-10-14)11-13-6-8-18(16-13)12(3)5-2/h6,8,12,14-15H,4-5,7,9-11H2,1-3H3. The maximum absolute atomic E-state index is 4.70. The minimum Gasteiger partial charge on any atom is -0.314 e. The molecule has 4 nitrogen and oxygen atoms in total. The van der Waals surface area contributed by atoms with E-state index in [1.165, 1.54) is 18.7 Å². The van der Waals surface area contributed by atoms with Crippen LogP contribution in [0.1, 0.15) is 45.3 Å². The van der Waals surface area contributed by atoms with E-state index in [1.807, 2.05) is 0 Å². The van der Waals surface area contributed by atoms with Gasteiger partial charge in [0.1, 0.15) is 0 Å². The van der Waals surface area contributed by atoms with Crippen molar-refractivity contribution in [3.05, 3.63) is 18.0 Å². The molecule has 1 unspecified atom stereocenters. The summed E-state index contributed by atoms with van der Waals surface area (Å²) < 4.78 is 2.10. The molecule has 1 fully saturated rings. The van der Waals surface area contributed by atoms with Gasteiger partial charge in [0.25, 0.3) is 0 Å². The van der Waals surface area contributed by atoms with E-state index in [-0.39, 0.29) is 0 Å². The smallest absolute Gasteiger partial charge is 0.0765 e. The van der Waals surface area contributed by atoms with Crippen LogP contribution in [-0.2, 0) is 6.54 Å². The molecule has 2 heterocycles. The third-order valence-electron chi connectivity index (χ3n) is 3.86. The first-order valence-electron chi connectivity index (χ1n) is 7.23. The van der Waals surface area contributed by atoms with Crippen LogP contribution in [0.2, 0.25) is 0 Å². The van der Waals surface area contributed by atoms with Crippen molar-refractivity contribution in [2.45, 2.75) is 52.2 Å². The third kappa shape index (κ3) is 3.12. The summed E-state index contributed by atoms with van der Waals surface area (Å²) in [6, 6.07) is 3.38. The number of hydrogen-bond acceptors (Lipinski definition) is 3. The van der Waals surface area contributed by atoms with Gasteiger partial charge >= 0.3 is 0 Å². The minimum atomic E-state index is 0.503. The van der Waals surface area contributed by atoms with Crippen LogP contribution in [0.15, 0.2) is 12.3 Å². The van der Waals surface area contributed by atoms with Crippen LogP contribution >= 0.6 is 0 Å². The van der Waals surface area contributed by atoms with Gasteiger partial charge in [-0.05, 0) is 32.4 Å². The summed E-state index contributed by atoms with van der Waals surface area (Å²) in [4.78, 5) is 2.56. The summed E-state index contributed by atoms with van der Waals surface area (Å²) in [5.41, 5.74) is 1.20. The van der Waals surface area contributed by atoms with Gasteiger partial charge in [-0.2, -0.15) is 5.10 Å². The number of rotatable bonds is 7. The fraction of sp³-hybridized carbons (Fsp3) is 0.786. The number of aromatic nitrogens is 2. The van der Waals surface area contributed by atoms with Gasteiger partial charge < -0.3 is 5.32 Å². The van der Waals surface area contributed by atoms with Gasteiger partial charge in [0.05, 0.1) is 5.69 Å². The van der Waals surface area contributed by atoms with Gasteiger partial charge in [-0.3, -0.25) is 9.58 Å². The normalized spacial score (nSPS) is 18.0. The highest BCUT2D eigenvalue weighted by molar-refractivity contribution is 5.01. The minimum absolute atomic E-state index is 0.503. The second-order valence-electron chi connectivity index (χ2n) is 5.33. The number of nitrogens with zero attached hydrogens (tertiary/aromatic N) is 3. The third-order valence-corrected chi connectivity index (χ3v) is 3.86. The van der Waals surface area contributed by atoms with E-state index in [1.54, 1.807) is 0 Å². The Morgan fingerprint density at radius 2 is 2.28 bits per heavy atom. The maximum atomic E-state index is 4.70. The lowest BCUT2D eigenvalue weighted by atomic mass is 10.1. The van der Waals surface area contributed by atoms with E-state index >= 15 is 0 Å². The molecule has 1 aromatic heterocycles. The summed E-state index contributed by atoms with van der Waals surface area (Å²) in [6.45, 7) is 11.1. The quantitative estimate of drug-likeness (QED) is 0.804. The highest BCUT2D eigenvalue weighted by atomic mass is 15.3. The molecule has 0 amide bonds. The molecule has 0 aromatic carbocycles.